The van der Waals surface area contributed by atoms with Crippen molar-refractivity contribution in [3.63, 3.8) is 0 Å². The van der Waals surface area contributed by atoms with Crippen LogP contribution in [0.15, 0.2) is 103 Å². The number of carbonyl (C=O) groups is 3. The summed E-state index contributed by atoms with van der Waals surface area (Å²) < 4.78 is 0. The molecule has 2 amide bonds. The van der Waals surface area contributed by atoms with Gasteiger partial charge in [-0.3, -0.25) is 9.59 Å². The summed E-state index contributed by atoms with van der Waals surface area (Å²) in [5, 5.41) is 6.41. The highest BCUT2D eigenvalue weighted by Gasteiger charge is 2.23. The summed E-state index contributed by atoms with van der Waals surface area (Å²) in [7, 11) is 0. The summed E-state index contributed by atoms with van der Waals surface area (Å²) >= 11 is 6.76. The number of aldehydes is 1. The van der Waals surface area contributed by atoms with Crippen molar-refractivity contribution >= 4 is 35.4 Å². The van der Waals surface area contributed by atoms with E-state index in [1.807, 2.05) is 36.4 Å². The molecular weight excluding hydrogens is 604 g/mol. The van der Waals surface area contributed by atoms with E-state index >= 15 is 0 Å². The minimum absolute atomic E-state index is 0.157. The molecule has 5 aromatic carbocycles. The second kappa shape index (κ2) is 15.1. The maximum absolute atomic E-state index is 14.0. The van der Waals surface area contributed by atoms with E-state index in [4.69, 9.17) is 11.6 Å². The molecule has 0 aliphatic rings. The first-order valence-corrected chi connectivity index (χ1v) is 16.2. The maximum Gasteiger partial charge on any atom is 0.251 e. The molecule has 0 saturated heterocycles. The van der Waals surface area contributed by atoms with Gasteiger partial charge in [-0.25, -0.2) is 0 Å². The van der Waals surface area contributed by atoms with Gasteiger partial charge in [0.15, 0.2) is 0 Å². The van der Waals surface area contributed by atoms with Crippen LogP contribution in [0.1, 0.15) is 56.1 Å². The molecule has 0 spiro atoms. The quantitative estimate of drug-likeness (QED) is 0.111. The Balaban J connectivity index is 1.41. The van der Waals surface area contributed by atoms with E-state index in [1.54, 1.807) is 18.2 Å². The molecule has 0 aliphatic heterocycles. The van der Waals surface area contributed by atoms with Gasteiger partial charge in [0.25, 0.3) is 5.91 Å². The molecule has 5 nitrogen and oxygen atoms in total. The van der Waals surface area contributed by atoms with Crippen LogP contribution in [0.4, 0.5) is 5.69 Å². The van der Waals surface area contributed by atoms with Crippen molar-refractivity contribution in [1.29, 1.82) is 0 Å². The van der Waals surface area contributed by atoms with Gasteiger partial charge in [-0.1, -0.05) is 102 Å². The SMILES string of the molecule is Cc1ccc(-c2ccc(C(Cc3ccc(C(=O)NCCC=O)cc3)C(=O)Nc3ccc(-c4ccc(C)cc4C)c(Cl)c3)cc2)c(C)c1. The van der Waals surface area contributed by atoms with Crippen LogP contribution in [0.25, 0.3) is 22.3 Å². The fraction of sp³-hybridized carbons (Fsp3) is 0.195. The minimum Gasteiger partial charge on any atom is -0.352 e. The van der Waals surface area contributed by atoms with Crippen molar-refractivity contribution < 1.29 is 14.4 Å². The fourth-order valence-corrected chi connectivity index (χ4v) is 6.21. The van der Waals surface area contributed by atoms with E-state index in [2.05, 4.69) is 86.9 Å². The molecule has 0 aliphatic carbocycles. The molecule has 47 heavy (non-hydrogen) atoms. The van der Waals surface area contributed by atoms with Gasteiger partial charge in [0.2, 0.25) is 5.91 Å². The molecule has 0 radical (unpaired) electrons. The van der Waals surface area contributed by atoms with E-state index in [-0.39, 0.29) is 18.2 Å². The van der Waals surface area contributed by atoms with Gasteiger partial charge in [-0.15, -0.1) is 0 Å². The third-order valence-electron chi connectivity index (χ3n) is 8.43. The van der Waals surface area contributed by atoms with Crippen LogP contribution in [-0.4, -0.2) is 24.6 Å². The summed E-state index contributed by atoms with van der Waals surface area (Å²) in [4.78, 5) is 37.0. The molecule has 0 saturated carbocycles. The minimum atomic E-state index is -0.506. The zero-order valence-corrected chi connectivity index (χ0v) is 27.9. The number of halogens is 1. The Morgan fingerprint density at radius 3 is 1.94 bits per heavy atom. The van der Waals surface area contributed by atoms with Crippen LogP contribution in [0.2, 0.25) is 5.02 Å². The number of hydrogen-bond donors (Lipinski definition) is 2. The lowest BCUT2D eigenvalue weighted by molar-refractivity contribution is -0.117. The number of carbonyl (C=O) groups excluding carboxylic acids is 3. The van der Waals surface area contributed by atoms with Gasteiger partial charge in [0.1, 0.15) is 6.29 Å². The molecule has 1 atom stereocenters. The Morgan fingerprint density at radius 1 is 0.723 bits per heavy atom. The first-order valence-electron chi connectivity index (χ1n) is 15.8. The lowest BCUT2D eigenvalue weighted by Crippen LogP contribution is -2.25. The van der Waals surface area contributed by atoms with E-state index in [0.29, 0.717) is 29.2 Å². The fourth-order valence-electron chi connectivity index (χ4n) is 5.93. The van der Waals surface area contributed by atoms with Gasteiger partial charge >= 0.3 is 0 Å². The summed E-state index contributed by atoms with van der Waals surface area (Å²) in [6.45, 7) is 8.61. The predicted molar refractivity (Wildman–Crippen MR) is 192 cm³/mol. The largest absolute Gasteiger partial charge is 0.352 e. The Morgan fingerprint density at radius 2 is 1.34 bits per heavy atom. The van der Waals surface area contributed by atoms with Crippen molar-refractivity contribution in [2.45, 2.75) is 46.5 Å². The average molecular weight is 643 g/mol. The number of nitrogens with one attached hydrogen (secondary N) is 2. The zero-order chi connectivity index (χ0) is 33.5. The standard InChI is InChI=1S/C41H39ClN2O3/c1-26-6-17-35(28(3)22-26)31-12-14-32(15-13-31)38(24-30-8-10-33(11-9-30)40(46)43-20-5-21-45)41(47)44-34-16-19-37(39(42)25-34)36-18-7-27(2)23-29(36)4/h6-19,21-23,25,38H,5,20,24H2,1-4H3,(H,43,46)(H,44,47). The molecule has 1 unspecified atom stereocenters. The number of benzene rings is 5. The first-order chi connectivity index (χ1) is 22.6. The summed E-state index contributed by atoms with van der Waals surface area (Å²) in [5.74, 6) is -0.903. The lowest BCUT2D eigenvalue weighted by atomic mass is 9.89. The van der Waals surface area contributed by atoms with E-state index in [1.165, 1.54) is 16.7 Å². The highest BCUT2D eigenvalue weighted by Crippen LogP contribution is 2.34. The number of amides is 2. The van der Waals surface area contributed by atoms with Crippen molar-refractivity contribution in [3.8, 4) is 22.3 Å². The van der Waals surface area contributed by atoms with Crippen molar-refractivity contribution in [2.75, 3.05) is 11.9 Å². The Labute approximate surface area is 282 Å². The molecule has 0 bridgehead atoms. The van der Waals surface area contributed by atoms with Crippen molar-refractivity contribution in [1.82, 2.24) is 5.32 Å². The van der Waals surface area contributed by atoms with Gasteiger partial charge < -0.3 is 15.4 Å². The molecule has 6 heteroatoms. The van der Waals surface area contributed by atoms with Crippen molar-refractivity contribution in [3.05, 3.63) is 147 Å². The molecule has 0 heterocycles. The predicted octanol–water partition coefficient (Wildman–Crippen LogP) is 9.19. The van der Waals surface area contributed by atoms with E-state index in [9.17, 15) is 14.4 Å². The molecule has 238 valence electrons. The van der Waals surface area contributed by atoms with Crippen LogP contribution in [-0.2, 0) is 16.0 Å². The van der Waals surface area contributed by atoms with Gasteiger partial charge in [-0.05, 0) is 97.3 Å². The normalized spacial score (nSPS) is 11.5. The first kappa shape index (κ1) is 33.4. The Bertz CT molecular complexity index is 1910. The smallest absolute Gasteiger partial charge is 0.251 e. The Hall–Kier alpha value is -5.00. The molecular formula is C41H39ClN2O3. The van der Waals surface area contributed by atoms with Gasteiger partial charge in [-0.2, -0.15) is 0 Å². The van der Waals surface area contributed by atoms with Gasteiger partial charge in [0, 0.05) is 29.8 Å². The van der Waals surface area contributed by atoms with Crippen LogP contribution in [0, 0.1) is 27.7 Å². The number of anilines is 1. The van der Waals surface area contributed by atoms with E-state index in [0.717, 1.165) is 45.2 Å². The van der Waals surface area contributed by atoms with Crippen molar-refractivity contribution in [2.24, 2.45) is 0 Å². The average Bonchev–Trinajstić information content (AvgIpc) is 3.05. The van der Waals surface area contributed by atoms with Crippen LogP contribution in [0.5, 0.6) is 0 Å². The molecule has 5 rings (SSSR count). The summed E-state index contributed by atoms with van der Waals surface area (Å²) in [6, 6.07) is 33.7. The molecule has 0 fully saturated rings. The second-order valence-corrected chi connectivity index (χ2v) is 12.5. The Kier molecular flexibility index (Phi) is 10.7. The lowest BCUT2D eigenvalue weighted by Gasteiger charge is -2.19. The second-order valence-electron chi connectivity index (χ2n) is 12.1. The van der Waals surface area contributed by atoms with Gasteiger partial charge in [0.05, 0.1) is 10.9 Å². The highest BCUT2D eigenvalue weighted by atomic mass is 35.5. The third kappa shape index (κ3) is 8.24. The number of aryl methyl sites for hydroxylation is 4. The zero-order valence-electron chi connectivity index (χ0n) is 27.2. The third-order valence-corrected chi connectivity index (χ3v) is 8.75. The van der Waals surface area contributed by atoms with Crippen LogP contribution in [0.3, 0.4) is 0 Å². The monoisotopic (exact) mass is 642 g/mol. The maximum atomic E-state index is 14.0. The molecule has 5 aromatic rings. The molecule has 0 aromatic heterocycles. The number of hydrogen-bond acceptors (Lipinski definition) is 3. The van der Waals surface area contributed by atoms with Crippen LogP contribution < -0.4 is 10.6 Å². The molecule has 2 N–H and O–H groups in total. The van der Waals surface area contributed by atoms with E-state index < -0.39 is 5.92 Å². The highest BCUT2D eigenvalue weighted by molar-refractivity contribution is 6.33. The topological polar surface area (TPSA) is 75.3 Å². The summed E-state index contributed by atoms with van der Waals surface area (Å²) in [6.07, 6.45) is 1.47. The van der Waals surface area contributed by atoms with Crippen LogP contribution >= 0.6 is 11.6 Å². The number of rotatable bonds is 11. The summed E-state index contributed by atoms with van der Waals surface area (Å²) in [5.41, 5.74) is 11.9.